The first kappa shape index (κ1) is 31.8. The molecule has 0 unspecified atom stereocenters. The number of benzene rings is 1. The Bertz CT molecular complexity index is 1450. The zero-order chi connectivity index (χ0) is 30.9. The van der Waals surface area contributed by atoms with Crippen LogP contribution in [0.25, 0.3) is 5.52 Å². The van der Waals surface area contributed by atoms with E-state index in [1.807, 2.05) is 20.8 Å². The van der Waals surface area contributed by atoms with Crippen molar-refractivity contribution in [2.24, 2.45) is 0 Å². The van der Waals surface area contributed by atoms with Gasteiger partial charge in [0, 0.05) is 0 Å². The maximum absolute atomic E-state index is 14.7. The lowest BCUT2D eigenvalue weighted by Gasteiger charge is -2.31. The van der Waals surface area contributed by atoms with Crippen LogP contribution in [-0.2, 0) is 28.8 Å². The number of nitrogen functional groups attached to an aromatic ring is 1. The molecule has 0 spiro atoms. The third-order valence-corrected chi connectivity index (χ3v) is 8.60. The number of nitrogens with one attached hydrogen (secondary N) is 1. The molecule has 1 aliphatic rings. The summed E-state index contributed by atoms with van der Waals surface area (Å²) in [6.07, 6.45) is -3.48. The first-order valence-electron chi connectivity index (χ1n) is 13.4. The van der Waals surface area contributed by atoms with Crippen LogP contribution in [0.2, 0.25) is 0 Å². The van der Waals surface area contributed by atoms with Gasteiger partial charge in [0.15, 0.2) is 5.82 Å². The van der Waals surface area contributed by atoms with Crippen LogP contribution in [0.1, 0.15) is 52.0 Å². The van der Waals surface area contributed by atoms with Crippen LogP contribution >= 0.6 is 7.75 Å². The Hall–Kier alpha value is -3.13. The largest absolute Gasteiger partial charge is 0.465 e. The number of aliphatic hydroxyl groups excluding tert-OH is 2. The molecule has 42 heavy (non-hydrogen) atoms. The van der Waals surface area contributed by atoms with Gasteiger partial charge in [-0.2, -0.15) is 10.2 Å². The Balaban J connectivity index is 1.60. The van der Waals surface area contributed by atoms with Crippen molar-refractivity contribution in [3.63, 3.8) is 0 Å². The van der Waals surface area contributed by atoms with Crippen LogP contribution < -0.4 is 15.3 Å². The minimum Gasteiger partial charge on any atom is -0.465 e. The number of nitrogens with two attached hydrogens (primary N) is 1. The minimum atomic E-state index is -4.44. The summed E-state index contributed by atoms with van der Waals surface area (Å²) in [7, 11) is -4.44. The number of nitrogens with zero attached hydrogens (tertiary/aromatic N) is 3. The van der Waals surface area contributed by atoms with E-state index in [0.29, 0.717) is 5.52 Å². The van der Waals surface area contributed by atoms with Crippen molar-refractivity contribution in [2.75, 3.05) is 25.6 Å². The summed E-state index contributed by atoms with van der Waals surface area (Å²) in [6, 6.07) is 8.76. The van der Waals surface area contributed by atoms with Crippen LogP contribution in [0.5, 0.6) is 5.75 Å². The predicted octanol–water partition coefficient (Wildman–Crippen LogP) is 2.86. The monoisotopic (exact) mass is 609 g/mol. The van der Waals surface area contributed by atoms with Gasteiger partial charge in [-0.25, -0.2) is 18.5 Å². The van der Waals surface area contributed by atoms with E-state index in [1.54, 1.807) is 43.3 Å². The molecule has 0 saturated carbocycles. The van der Waals surface area contributed by atoms with E-state index in [4.69, 9.17) is 24.3 Å². The number of ether oxygens (including phenoxy) is 2. The molecule has 6 atom stereocenters. The molecule has 0 bridgehead atoms. The van der Waals surface area contributed by atoms with Crippen molar-refractivity contribution in [1.82, 2.24) is 19.7 Å². The molecule has 4 rings (SSSR count). The second-order valence-corrected chi connectivity index (χ2v) is 12.8. The van der Waals surface area contributed by atoms with Crippen molar-refractivity contribution in [2.45, 2.75) is 70.0 Å². The molecule has 1 aliphatic heterocycles. The number of carbonyl (C=O) groups excluding carboxylic acids is 1. The van der Waals surface area contributed by atoms with E-state index in [2.05, 4.69) is 15.2 Å². The quantitative estimate of drug-likeness (QED) is 0.185. The fourth-order valence-corrected chi connectivity index (χ4v) is 6.10. The smallest absolute Gasteiger partial charge is 0.459 e. The van der Waals surface area contributed by atoms with Gasteiger partial charge in [-0.3, -0.25) is 9.32 Å². The zero-order valence-corrected chi connectivity index (χ0v) is 25.0. The molecule has 0 radical (unpaired) electrons. The van der Waals surface area contributed by atoms with Crippen molar-refractivity contribution in [3.05, 3.63) is 54.0 Å². The average Bonchev–Trinajstić information content (AvgIpc) is 3.47. The van der Waals surface area contributed by atoms with Gasteiger partial charge in [0.2, 0.25) is 0 Å². The fraction of sp³-hybridized carbons (Fsp3) is 0.519. The molecule has 1 fully saturated rings. The van der Waals surface area contributed by atoms with Gasteiger partial charge in [0.05, 0.1) is 18.9 Å². The summed E-state index contributed by atoms with van der Waals surface area (Å²) < 4.78 is 52.2. The van der Waals surface area contributed by atoms with Crippen LogP contribution in [0.15, 0.2) is 42.7 Å². The summed E-state index contributed by atoms with van der Waals surface area (Å²) in [5.41, 5.74) is 5.25. The number of carbonyl (C=O) groups is 1. The molecular formula is C27H37FN5O8P. The molecule has 5 N–H and O–H groups in total. The molecule has 3 heterocycles. The zero-order valence-electron chi connectivity index (χ0n) is 24.1. The maximum Gasteiger partial charge on any atom is 0.459 e. The Labute approximate surface area is 242 Å². The van der Waals surface area contributed by atoms with E-state index in [1.165, 1.54) is 17.8 Å². The van der Waals surface area contributed by atoms with Gasteiger partial charge in [0.25, 0.3) is 0 Å². The van der Waals surface area contributed by atoms with E-state index < -0.39 is 57.0 Å². The van der Waals surface area contributed by atoms with Gasteiger partial charge in [-0.15, -0.1) is 0 Å². The van der Waals surface area contributed by atoms with Gasteiger partial charge in [0.1, 0.15) is 54.2 Å². The van der Waals surface area contributed by atoms with Crippen molar-refractivity contribution < 1.29 is 42.5 Å². The minimum absolute atomic E-state index is 0.0837. The molecule has 2 aromatic heterocycles. The first-order valence-corrected chi connectivity index (χ1v) is 14.9. The van der Waals surface area contributed by atoms with Gasteiger partial charge >= 0.3 is 13.7 Å². The number of hydrogen-bond acceptors (Lipinski definition) is 11. The van der Waals surface area contributed by atoms with Gasteiger partial charge in [-0.1, -0.05) is 32.9 Å². The number of hydrogen-bond donors (Lipinski definition) is 4. The summed E-state index contributed by atoms with van der Waals surface area (Å²) in [6.45, 7) is 7.05. The first-order chi connectivity index (χ1) is 19.7. The van der Waals surface area contributed by atoms with E-state index in [9.17, 15) is 24.0 Å². The Kier molecular flexibility index (Phi) is 9.26. The van der Waals surface area contributed by atoms with Crippen LogP contribution in [0.4, 0.5) is 10.2 Å². The molecular weight excluding hydrogens is 572 g/mol. The van der Waals surface area contributed by atoms with Gasteiger partial charge in [-0.05, 0) is 49.1 Å². The lowest BCUT2D eigenvalue weighted by atomic mass is 9.87. The third kappa shape index (κ3) is 6.43. The molecule has 15 heteroatoms. The van der Waals surface area contributed by atoms with E-state index in [0.717, 1.165) is 5.56 Å². The second-order valence-electron chi connectivity index (χ2n) is 11.1. The number of esters is 1. The SMILES string of the molecule is CCOC(=O)[C@H](C)N[P@](=O)(OC[C@@]1(CF)O[C@@H](c2ccc3c(N)ncnn23)[C@H](O)[C@@H]1O)Oc1ccc(C(C)(C)C)cc1. The highest BCUT2D eigenvalue weighted by atomic mass is 31.2. The molecule has 1 aromatic carbocycles. The second kappa shape index (κ2) is 12.2. The number of anilines is 1. The number of aliphatic hydroxyl groups is 2. The fourth-order valence-electron chi connectivity index (χ4n) is 4.56. The molecule has 230 valence electrons. The topological polar surface area (TPSA) is 180 Å². The standard InChI is InChI=1S/C27H37FN5O8P/c1-6-38-25(36)16(2)32-42(37,41-18-9-7-17(8-10-18)26(3,4)5)39-14-27(13-28)23(35)21(34)22(40-27)19-11-12-20-24(29)30-15-31-33(19)20/h7-12,15-16,21-23,34-35H,6,13-14H2,1-5H3,(H,32,37)(H2,29,30,31)/t16-,21-,22-,23-,27+,42-/m0/s1. The highest BCUT2D eigenvalue weighted by Crippen LogP contribution is 2.49. The lowest BCUT2D eigenvalue weighted by Crippen LogP contribution is -2.49. The molecule has 0 amide bonds. The number of aromatic nitrogens is 3. The Morgan fingerprint density at radius 2 is 1.95 bits per heavy atom. The molecule has 0 aliphatic carbocycles. The maximum atomic E-state index is 14.7. The highest BCUT2D eigenvalue weighted by Gasteiger charge is 2.57. The number of halogens is 1. The number of rotatable bonds is 11. The normalized spacial score (nSPS) is 24.8. The van der Waals surface area contributed by atoms with Crippen molar-refractivity contribution in [1.29, 1.82) is 0 Å². The molecule has 1 saturated heterocycles. The predicted molar refractivity (Wildman–Crippen MR) is 151 cm³/mol. The van der Waals surface area contributed by atoms with E-state index in [-0.39, 0.29) is 29.3 Å². The summed E-state index contributed by atoms with van der Waals surface area (Å²) >= 11 is 0. The summed E-state index contributed by atoms with van der Waals surface area (Å²) in [4.78, 5) is 16.2. The Morgan fingerprint density at radius 3 is 2.57 bits per heavy atom. The third-order valence-electron chi connectivity index (χ3n) is 6.98. The van der Waals surface area contributed by atoms with Gasteiger partial charge < -0.3 is 29.9 Å². The number of alkyl halides is 1. The number of fused-ring (bicyclic) bond motifs is 1. The molecule has 3 aromatic rings. The summed E-state index contributed by atoms with van der Waals surface area (Å²) in [5.74, 6) is -0.408. The van der Waals surface area contributed by atoms with Crippen LogP contribution in [0.3, 0.4) is 0 Å². The van der Waals surface area contributed by atoms with Crippen molar-refractivity contribution >= 4 is 25.1 Å². The van der Waals surface area contributed by atoms with E-state index >= 15 is 0 Å². The van der Waals surface area contributed by atoms with Crippen LogP contribution in [0, 0.1) is 0 Å². The molecule has 13 nitrogen and oxygen atoms in total. The lowest BCUT2D eigenvalue weighted by molar-refractivity contribution is -0.144. The Morgan fingerprint density at radius 1 is 1.26 bits per heavy atom. The van der Waals surface area contributed by atoms with Crippen molar-refractivity contribution in [3.8, 4) is 5.75 Å². The van der Waals surface area contributed by atoms with Crippen LogP contribution in [-0.4, -0.2) is 74.5 Å². The average molecular weight is 610 g/mol. The summed E-state index contributed by atoms with van der Waals surface area (Å²) in [5, 5.41) is 28.5. The highest BCUT2D eigenvalue weighted by molar-refractivity contribution is 7.52.